The Labute approximate surface area is 137 Å². The van der Waals surface area contributed by atoms with Crippen molar-refractivity contribution in [1.29, 1.82) is 0 Å². The van der Waals surface area contributed by atoms with Crippen molar-refractivity contribution in [3.05, 3.63) is 64.1 Å². The fourth-order valence-corrected chi connectivity index (χ4v) is 5.37. The van der Waals surface area contributed by atoms with Crippen LogP contribution in [0.5, 0.6) is 0 Å². The van der Waals surface area contributed by atoms with Gasteiger partial charge in [-0.25, -0.2) is 8.42 Å². The number of rotatable bonds is 7. The van der Waals surface area contributed by atoms with Crippen LogP contribution >= 0.6 is 22.7 Å². The van der Waals surface area contributed by atoms with Gasteiger partial charge in [0.05, 0.1) is 12.5 Å². The lowest BCUT2D eigenvalue weighted by atomic mass is 10.3. The average molecular weight is 353 g/mol. The van der Waals surface area contributed by atoms with E-state index in [1.807, 2.05) is 17.5 Å². The minimum Gasteiger partial charge on any atom is -0.472 e. The molecule has 0 saturated carbocycles. The molecule has 0 aliphatic heterocycles. The lowest BCUT2D eigenvalue weighted by Crippen LogP contribution is -2.31. The number of sulfonamides is 1. The first kappa shape index (κ1) is 15.5. The third kappa shape index (κ3) is 3.49. The Bertz CT molecular complexity index is 775. The first-order valence-corrected chi connectivity index (χ1v) is 9.93. The minimum absolute atomic E-state index is 0.322. The van der Waals surface area contributed by atoms with Crippen molar-refractivity contribution in [2.75, 3.05) is 6.54 Å². The molecule has 0 aromatic carbocycles. The number of thiophene rings is 2. The predicted octanol–water partition coefficient (Wildman–Crippen LogP) is 3.84. The summed E-state index contributed by atoms with van der Waals surface area (Å²) in [6.07, 6.45) is 3.85. The van der Waals surface area contributed by atoms with E-state index in [0.29, 0.717) is 23.7 Å². The summed E-state index contributed by atoms with van der Waals surface area (Å²) < 4.78 is 32.5. The van der Waals surface area contributed by atoms with E-state index in [9.17, 15) is 8.42 Å². The molecule has 0 aliphatic rings. The van der Waals surface area contributed by atoms with E-state index in [4.69, 9.17) is 4.42 Å². The third-order valence-electron chi connectivity index (χ3n) is 3.22. The van der Waals surface area contributed by atoms with Crippen molar-refractivity contribution in [2.24, 2.45) is 0 Å². The molecule has 3 aromatic heterocycles. The first-order valence-electron chi connectivity index (χ1n) is 6.73. The maximum absolute atomic E-state index is 12.8. The lowest BCUT2D eigenvalue weighted by molar-refractivity contribution is 0.409. The Balaban J connectivity index is 1.82. The molecule has 0 amide bonds. The van der Waals surface area contributed by atoms with Gasteiger partial charge in [-0.3, -0.25) is 0 Å². The maximum Gasteiger partial charge on any atom is 0.252 e. The summed E-state index contributed by atoms with van der Waals surface area (Å²) in [5, 5.41) is 3.78. The van der Waals surface area contributed by atoms with Crippen LogP contribution in [0.1, 0.15) is 10.4 Å². The Morgan fingerprint density at radius 3 is 2.55 bits per heavy atom. The smallest absolute Gasteiger partial charge is 0.252 e. The van der Waals surface area contributed by atoms with Crippen LogP contribution in [0.2, 0.25) is 0 Å². The second-order valence-corrected chi connectivity index (χ2v) is 8.88. The highest BCUT2D eigenvalue weighted by atomic mass is 32.2. The highest BCUT2D eigenvalue weighted by molar-refractivity contribution is 7.91. The van der Waals surface area contributed by atoms with Gasteiger partial charge in [0.2, 0.25) is 0 Å². The van der Waals surface area contributed by atoms with E-state index in [-0.39, 0.29) is 0 Å². The molecule has 0 bridgehead atoms. The van der Waals surface area contributed by atoms with Crippen molar-refractivity contribution in [3.8, 4) is 0 Å². The molecule has 7 heteroatoms. The number of nitrogens with zero attached hydrogens (tertiary/aromatic N) is 1. The van der Waals surface area contributed by atoms with Crippen molar-refractivity contribution in [2.45, 2.75) is 17.2 Å². The molecule has 0 atom stereocenters. The fourth-order valence-electron chi connectivity index (χ4n) is 2.10. The molecule has 0 saturated heterocycles. The van der Waals surface area contributed by atoms with Gasteiger partial charge >= 0.3 is 0 Å². The van der Waals surface area contributed by atoms with Crippen LogP contribution in [0.4, 0.5) is 0 Å². The standard InChI is InChI=1S/C15H15NO3S3/c17-22(18,15-4-2-10-21-15)16(11-13-6-8-19-12-13)7-5-14-3-1-9-20-14/h1-4,6,8-10,12H,5,7,11H2. The van der Waals surface area contributed by atoms with Gasteiger partial charge in [-0.1, -0.05) is 12.1 Å². The van der Waals surface area contributed by atoms with Crippen molar-refractivity contribution < 1.29 is 12.8 Å². The Morgan fingerprint density at radius 2 is 1.91 bits per heavy atom. The van der Waals surface area contributed by atoms with Crippen LogP contribution in [-0.2, 0) is 23.0 Å². The van der Waals surface area contributed by atoms with Crippen molar-refractivity contribution in [3.63, 3.8) is 0 Å². The topological polar surface area (TPSA) is 50.5 Å². The summed E-state index contributed by atoms with van der Waals surface area (Å²) in [7, 11) is -3.47. The SMILES string of the molecule is O=S(=O)(c1cccs1)N(CCc1cccs1)Cc1ccoc1. The summed E-state index contributed by atoms with van der Waals surface area (Å²) in [4.78, 5) is 1.18. The normalized spacial score (nSPS) is 12.0. The highest BCUT2D eigenvalue weighted by Gasteiger charge is 2.25. The minimum atomic E-state index is -3.47. The number of hydrogen-bond acceptors (Lipinski definition) is 5. The van der Waals surface area contributed by atoms with E-state index < -0.39 is 10.0 Å². The summed E-state index contributed by atoms with van der Waals surface area (Å²) in [5.74, 6) is 0. The van der Waals surface area contributed by atoms with Crippen molar-refractivity contribution in [1.82, 2.24) is 4.31 Å². The van der Waals surface area contributed by atoms with Crippen molar-refractivity contribution >= 4 is 32.7 Å². The quantitative estimate of drug-likeness (QED) is 0.648. The summed E-state index contributed by atoms with van der Waals surface area (Å²) >= 11 is 2.89. The zero-order valence-corrected chi connectivity index (χ0v) is 14.2. The fraction of sp³-hybridized carbons (Fsp3) is 0.200. The van der Waals surface area contributed by atoms with Crippen LogP contribution in [0.25, 0.3) is 0 Å². The van der Waals surface area contributed by atoms with E-state index >= 15 is 0 Å². The zero-order valence-electron chi connectivity index (χ0n) is 11.7. The second kappa shape index (κ2) is 6.78. The van der Waals surface area contributed by atoms with Gasteiger partial charge in [0.1, 0.15) is 4.21 Å². The van der Waals surface area contributed by atoms with E-state index in [1.165, 1.54) is 20.5 Å². The van der Waals surface area contributed by atoms with Gasteiger partial charge in [-0.15, -0.1) is 22.7 Å². The maximum atomic E-state index is 12.8. The van der Waals surface area contributed by atoms with Crippen LogP contribution in [0.3, 0.4) is 0 Å². The lowest BCUT2D eigenvalue weighted by Gasteiger charge is -2.20. The molecule has 0 fully saturated rings. The molecule has 0 aliphatic carbocycles. The molecule has 0 unspecified atom stereocenters. The average Bonchev–Trinajstić information content (AvgIpc) is 3.26. The largest absolute Gasteiger partial charge is 0.472 e. The van der Waals surface area contributed by atoms with E-state index in [1.54, 1.807) is 47.4 Å². The summed E-state index contributed by atoms with van der Waals surface area (Å²) in [6.45, 7) is 0.772. The van der Waals surface area contributed by atoms with Gasteiger partial charge in [0.25, 0.3) is 10.0 Å². The molecular formula is C15H15NO3S3. The zero-order chi connectivity index (χ0) is 15.4. The molecule has 116 valence electrons. The summed E-state index contributed by atoms with van der Waals surface area (Å²) in [6, 6.07) is 9.20. The predicted molar refractivity (Wildman–Crippen MR) is 88.6 cm³/mol. The highest BCUT2D eigenvalue weighted by Crippen LogP contribution is 2.23. The number of furan rings is 1. The molecule has 0 spiro atoms. The van der Waals surface area contributed by atoms with Gasteiger partial charge < -0.3 is 4.42 Å². The molecule has 0 N–H and O–H groups in total. The third-order valence-corrected chi connectivity index (χ3v) is 7.37. The molecule has 0 radical (unpaired) electrons. The Hall–Kier alpha value is -1.41. The second-order valence-electron chi connectivity index (χ2n) is 4.73. The Kier molecular flexibility index (Phi) is 4.77. The summed E-state index contributed by atoms with van der Waals surface area (Å²) in [5.41, 5.74) is 0.853. The molecular weight excluding hydrogens is 338 g/mol. The van der Waals surface area contributed by atoms with Gasteiger partial charge in [0, 0.05) is 23.5 Å². The van der Waals surface area contributed by atoms with Crippen LogP contribution in [0.15, 0.2) is 62.2 Å². The molecule has 3 heterocycles. The van der Waals surface area contributed by atoms with Crippen LogP contribution < -0.4 is 0 Å². The van der Waals surface area contributed by atoms with E-state index in [2.05, 4.69) is 0 Å². The van der Waals surface area contributed by atoms with E-state index in [0.717, 1.165) is 5.56 Å². The number of hydrogen-bond donors (Lipinski definition) is 0. The molecule has 3 rings (SSSR count). The Morgan fingerprint density at radius 1 is 1.09 bits per heavy atom. The van der Waals surface area contributed by atoms with Gasteiger partial charge in [-0.2, -0.15) is 4.31 Å². The van der Waals surface area contributed by atoms with Crippen LogP contribution in [-0.4, -0.2) is 19.3 Å². The molecule has 22 heavy (non-hydrogen) atoms. The monoisotopic (exact) mass is 353 g/mol. The van der Waals surface area contributed by atoms with Crippen LogP contribution in [0, 0.1) is 0 Å². The molecule has 3 aromatic rings. The first-order chi connectivity index (χ1) is 10.7. The molecule has 4 nitrogen and oxygen atoms in total. The van der Waals surface area contributed by atoms with Gasteiger partial charge in [-0.05, 0) is 35.4 Å². The van der Waals surface area contributed by atoms with Gasteiger partial charge in [0.15, 0.2) is 0 Å².